The van der Waals surface area contributed by atoms with Gasteiger partial charge in [-0.1, -0.05) is 6.92 Å². The molecular weight excluding hydrogens is 270 g/mol. The molecule has 1 rings (SSSR count). The fraction of sp³-hybridized carbons (Fsp3) is 0.600. The third-order valence-electron chi connectivity index (χ3n) is 2.47. The number of sulfonamides is 1. The maximum Gasteiger partial charge on any atom is 0.246 e. The highest BCUT2D eigenvalue weighted by molar-refractivity contribution is 7.89. The molecule has 1 unspecified atom stereocenters. The van der Waals surface area contributed by atoms with E-state index in [1.165, 1.54) is 24.9 Å². The van der Waals surface area contributed by atoms with Gasteiger partial charge in [-0.15, -0.1) is 0 Å². The summed E-state index contributed by atoms with van der Waals surface area (Å²) in [6.45, 7) is 3.96. The average Bonchev–Trinajstić information content (AvgIpc) is 2.70. The minimum absolute atomic E-state index is 0.0787. The van der Waals surface area contributed by atoms with E-state index in [4.69, 9.17) is 5.73 Å². The van der Waals surface area contributed by atoms with E-state index in [0.717, 1.165) is 6.42 Å². The number of nitrogens with zero attached hydrogens (tertiary/aromatic N) is 2. The lowest BCUT2D eigenvalue weighted by Gasteiger charge is -2.11. The first-order valence-electron chi connectivity index (χ1n) is 5.88. The fourth-order valence-corrected chi connectivity index (χ4v) is 2.81. The van der Waals surface area contributed by atoms with Gasteiger partial charge in [0.2, 0.25) is 15.9 Å². The normalized spacial score (nSPS) is 13.2. The fourth-order valence-electron chi connectivity index (χ4n) is 1.53. The van der Waals surface area contributed by atoms with Crippen LogP contribution in [0.3, 0.4) is 0 Å². The molecule has 1 aromatic rings. The predicted molar refractivity (Wildman–Crippen MR) is 70.8 cm³/mol. The van der Waals surface area contributed by atoms with Gasteiger partial charge < -0.3 is 11.1 Å². The molecule has 8 nitrogen and oxygen atoms in total. The summed E-state index contributed by atoms with van der Waals surface area (Å²) in [5, 5.41) is 6.27. The monoisotopic (exact) mass is 289 g/mol. The van der Waals surface area contributed by atoms with Crippen molar-refractivity contribution in [2.75, 3.05) is 12.8 Å². The smallest absolute Gasteiger partial charge is 0.246 e. The Morgan fingerprint density at radius 1 is 1.58 bits per heavy atom. The van der Waals surface area contributed by atoms with Crippen molar-refractivity contribution in [1.82, 2.24) is 19.8 Å². The lowest BCUT2D eigenvalue weighted by atomic mass is 10.3. The van der Waals surface area contributed by atoms with Crippen molar-refractivity contribution in [1.29, 1.82) is 0 Å². The molecule has 0 saturated heterocycles. The Kier molecular flexibility index (Phi) is 4.90. The molecule has 0 aliphatic heterocycles. The summed E-state index contributed by atoms with van der Waals surface area (Å²) in [4.78, 5) is 11.2. The summed E-state index contributed by atoms with van der Waals surface area (Å²) < 4.78 is 27.9. The van der Waals surface area contributed by atoms with Crippen molar-refractivity contribution in [3.8, 4) is 0 Å². The molecule has 1 heterocycles. The molecular formula is C10H19N5O3S. The van der Waals surface area contributed by atoms with Crippen molar-refractivity contribution < 1.29 is 13.2 Å². The van der Waals surface area contributed by atoms with Gasteiger partial charge in [-0.2, -0.15) is 9.82 Å². The number of rotatable bonds is 6. The average molecular weight is 289 g/mol. The van der Waals surface area contributed by atoms with Crippen LogP contribution in [0.2, 0.25) is 0 Å². The van der Waals surface area contributed by atoms with Crippen LogP contribution in [0.1, 0.15) is 20.3 Å². The lowest BCUT2D eigenvalue weighted by Crippen LogP contribution is -2.43. The highest BCUT2D eigenvalue weighted by atomic mass is 32.2. The number of nitrogen functional groups attached to an aromatic ring is 1. The molecule has 0 radical (unpaired) electrons. The zero-order valence-electron chi connectivity index (χ0n) is 11.2. The van der Waals surface area contributed by atoms with Crippen LogP contribution in [0.15, 0.2) is 11.1 Å². The van der Waals surface area contributed by atoms with Gasteiger partial charge in [-0.05, 0) is 13.3 Å². The molecule has 0 fully saturated rings. The SMILES string of the molecule is CCCn1cc(S(=O)(=O)NC(C)C(=O)NC)c(N)n1. The zero-order chi connectivity index (χ0) is 14.6. The zero-order valence-corrected chi connectivity index (χ0v) is 12.0. The van der Waals surface area contributed by atoms with E-state index in [1.807, 2.05) is 6.92 Å². The molecule has 1 amide bonds. The number of anilines is 1. The molecule has 4 N–H and O–H groups in total. The Morgan fingerprint density at radius 3 is 2.74 bits per heavy atom. The van der Waals surface area contributed by atoms with Gasteiger partial charge in [0.05, 0.1) is 6.04 Å². The van der Waals surface area contributed by atoms with Crippen LogP contribution in [-0.4, -0.2) is 37.2 Å². The first-order valence-corrected chi connectivity index (χ1v) is 7.37. The minimum atomic E-state index is -3.86. The van der Waals surface area contributed by atoms with E-state index in [1.54, 1.807) is 0 Å². The van der Waals surface area contributed by atoms with Crippen LogP contribution < -0.4 is 15.8 Å². The number of hydrogen-bond acceptors (Lipinski definition) is 5. The maximum absolute atomic E-state index is 12.1. The molecule has 0 bridgehead atoms. The van der Waals surface area contributed by atoms with Gasteiger partial charge in [0, 0.05) is 19.8 Å². The molecule has 108 valence electrons. The van der Waals surface area contributed by atoms with Crippen molar-refractivity contribution in [3.63, 3.8) is 0 Å². The molecule has 1 atom stereocenters. The van der Waals surface area contributed by atoms with Gasteiger partial charge in [-0.3, -0.25) is 9.48 Å². The molecule has 0 spiro atoms. The molecule has 9 heteroatoms. The second-order valence-corrected chi connectivity index (χ2v) is 5.78. The lowest BCUT2D eigenvalue weighted by molar-refractivity contribution is -0.121. The Bertz CT molecular complexity index is 552. The minimum Gasteiger partial charge on any atom is -0.381 e. The summed E-state index contributed by atoms with van der Waals surface area (Å²) in [5.74, 6) is -0.506. The van der Waals surface area contributed by atoms with Gasteiger partial charge in [-0.25, -0.2) is 8.42 Å². The van der Waals surface area contributed by atoms with Crippen molar-refractivity contribution in [2.45, 2.75) is 37.8 Å². The first kappa shape index (κ1) is 15.4. The van der Waals surface area contributed by atoms with Gasteiger partial charge in [0.1, 0.15) is 4.90 Å². The maximum atomic E-state index is 12.1. The molecule has 19 heavy (non-hydrogen) atoms. The van der Waals surface area contributed by atoms with E-state index in [-0.39, 0.29) is 10.7 Å². The number of likely N-dealkylation sites (N-methyl/N-ethyl adjacent to an activating group) is 1. The number of carbonyl (C=O) groups is 1. The number of carbonyl (C=O) groups excluding carboxylic acids is 1. The summed E-state index contributed by atoms with van der Waals surface area (Å²) in [7, 11) is -2.43. The highest BCUT2D eigenvalue weighted by Crippen LogP contribution is 2.16. The van der Waals surface area contributed by atoms with Crippen LogP contribution >= 0.6 is 0 Å². The van der Waals surface area contributed by atoms with Crippen LogP contribution in [0.5, 0.6) is 0 Å². The number of aryl methyl sites for hydroxylation is 1. The third kappa shape index (κ3) is 3.67. The van der Waals surface area contributed by atoms with Gasteiger partial charge in [0.15, 0.2) is 5.82 Å². The number of amides is 1. The highest BCUT2D eigenvalue weighted by Gasteiger charge is 2.25. The number of hydrogen-bond donors (Lipinski definition) is 3. The summed E-state index contributed by atoms with van der Waals surface area (Å²) in [5.41, 5.74) is 5.59. The second-order valence-electron chi connectivity index (χ2n) is 4.10. The summed E-state index contributed by atoms with van der Waals surface area (Å²) in [6, 6.07) is -0.885. The Morgan fingerprint density at radius 2 is 2.21 bits per heavy atom. The molecule has 1 aromatic heterocycles. The van der Waals surface area contributed by atoms with E-state index < -0.39 is 22.0 Å². The van der Waals surface area contributed by atoms with Crippen molar-refractivity contribution in [2.24, 2.45) is 0 Å². The topological polar surface area (TPSA) is 119 Å². The van der Waals surface area contributed by atoms with Gasteiger partial charge in [0.25, 0.3) is 0 Å². The van der Waals surface area contributed by atoms with E-state index in [2.05, 4.69) is 15.1 Å². The van der Waals surface area contributed by atoms with Gasteiger partial charge >= 0.3 is 0 Å². The Balaban J connectivity index is 2.97. The largest absolute Gasteiger partial charge is 0.381 e. The molecule has 0 aromatic carbocycles. The Labute approximate surface area is 112 Å². The van der Waals surface area contributed by atoms with Crippen molar-refractivity contribution >= 4 is 21.7 Å². The molecule has 0 aliphatic carbocycles. The second kappa shape index (κ2) is 6.02. The van der Waals surface area contributed by atoms with E-state index in [0.29, 0.717) is 6.54 Å². The van der Waals surface area contributed by atoms with Crippen molar-refractivity contribution in [3.05, 3.63) is 6.20 Å². The van der Waals surface area contributed by atoms with Crippen LogP contribution in [0.25, 0.3) is 0 Å². The third-order valence-corrected chi connectivity index (χ3v) is 4.03. The standard InChI is InChI=1S/C10H19N5O3S/c1-4-5-15-6-8(9(11)13-15)19(17,18)14-7(2)10(16)12-3/h6-7,14H,4-5H2,1-3H3,(H2,11,13)(H,12,16). The molecule has 0 aliphatic rings. The quantitative estimate of drug-likeness (QED) is 0.639. The summed E-state index contributed by atoms with van der Waals surface area (Å²) >= 11 is 0. The molecule has 0 saturated carbocycles. The predicted octanol–water partition coefficient (Wildman–Crippen LogP) is -0.712. The van der Waals surface area contributed by atoms with Crippen LogP contribution in [0, 0.1) is 0 Å². The number of nitrogens with one attached hydrogen (secondary N) is 2. The summed E-state index contributed by atoms with van der Waals surface area (Å²) in [6.07, 6.45) is 2.17. The number of aromatic nitrogens is 2. The first-order chi connectivity index (χ1) is 8.81. The number of nitrogens with two attached hydrogens (primary N) is 1. The van der Waals surface area contributed by atoms with Crippen LogP contribution in [0.4, 0.5) is 5.82 Å². The van der Waals surface area contributed by atoms with Crippen LogP contribution in [-0.2, 0) is 21.4 Å². The van der Waals surface area contributed by atoms with E-state index in [9.17, 15) is 13.2 Å². The van der Waals surface area contributed by atoms with E-state index >= 15 is 0 Å². The Hall–Kier alpha value is -1.61.